The molecule has 1 heterocycles. The Balaban J connectivity index is 2.72. The van der Waals surface area contributed by atoms with Gasteiger partial charge in [0.1, 0.15) is 16.0 Å². The van der Waals surface area contributed by atoms with Crippen molar-refractivity contribution in [2.24, 2.45) is 0 Å². The third kappa shape index (κ3) is 1.57. The van der Waals surface area contributed by atoms with E-state index in [4.69, 9.17) is 12.2 Å². The van der Waals surface area contributed by atoms with Crippen molar-refractivity contribution in [2.75, 3.05) is 0 Å². The van der Waals surface area contributed by atoms with E-state index in [-0.39, 0.29) is 5.69 Å². The molecular weight excluding hydrogens is 216 g/mol. The SMILES string of the molecule is CC(=S)n1nnc2ccc([N+](=O)[O-])cc21. The van der Waals surface area contributed by atoms with E-state index < -0.39 is 4.92 Å². The lowest BCUT2D eigenvalue weighted by Gasteiger charge is -1.96. The molecule has 2 rings (SSSR count). The number of thiocarbonyl (C=S) groups is 1. The van der Waals surface area contributed by atoms with E-state index in [9.17, 15) is 10.1 Å². The average molecular weight is 222 g/mol. The maximum atomic E-state index is 10.6. The maximum Gasteiger partial charge on any atom is 0.271 e. The van der Waals surface area contributed by atoms with Crippen LogP contribution in [0.15, 0.2) is 18.2 Å². The summed E-state index contributed by atoms with van der Waals surface area (Å²) < 4.78 is 1.40. The molecule has 0 saturated heterocycles. The normalized spacial score (nSPS) is 10.5. The minimum atomic E-state index is -0.463. The first kappa shape index (κ1) is 9.66. The Bertz CT molecular complexity index is 563. The fraction of sp³-hybridized carbons (Fsp3) is 0.125. The van der Waals surface area contributed by atoms with E-state index in [1.165, 1.54) is 16.8 Å². The van der Waals surface area contributed by atoms with E-state index in [0.717, 1.165) is 0 Å². The Labute approximate surface area is 89.7 Å². The van der Waals surface area contributed by atoms with Gasteiger partial charge in [0.15, 0.2) is 0 Å². The van der Waals surface area contributed by atoms with Crippen LogP contribution in [0.4, 0.5) is 5.69 Å². The number of nitrogens with zero attached hydrogens (tertiary/aromatic N) is 4. The van der Waals surface area contributed by atoms with Gasteiger partial charge in [0.25, 0.3) is 5.69 Å². The average Bonchev–Trinajstić information content (AvgIpc) is 2.59. The fourth-order valence-electron chi connectivity index (χ4n) is 1.25. The van der Waals surface area contributed by atoms with Crippen molar-refractivity contribution in [1.29, 1.82) is 0 Å². The summed E-state index contributed by atoms with van der Waals surface area (Å²) in [6.07, 6.45) is 0. The van der Waals surface area contributed by atoms with E-state index in [2.05, 4.69) is 10.3 Å². The van der Waals surface area contributed by atoms with Crippen LogP contribution in [0.2, 0.25) is 0 Å². The van der Waals surface area contributed by atoms with Crippen molar-refractivity contribution in [1.82, 2.24) is 15.0 Å². The van der Waals surface area contributed by atoms with Crippen LogP contribution in [-0.4, -0.2) is 24.9 Å². The van der Waals surface area contributed by atoms with Gasteiger partial charge in [-0.25, -0.2) is 4.68 Å². The predicted molar refractivity (Wildman–Crippen MR) is 57.9 cm³/mol. The molecule has 1 aromatic carbocycles. The predicted octanol–water partition coefficient (Wildman–Crippen LogP) is 1.53. The molecule has 0 aliphatic heterocycles. The fourth-order valence-corrected chi connectivity index (χ4v) is 1.39. The topological polar surface area (TPSA) is 73.8 Å². The summed E-state index contributed by atoms with van der Waals surface area (Å²) in [6.45, 7) is 1.68. The second kappa shape index (κ2) is 3.35. The Morgan fingerprint density at radius 1 is 1.60 bits per heavy atom. The first-order valence-electron chi connectivity index (χ1n) is 4.10. The molecule has 0 bridgehead atoms. The highest BCUT2D eigenvalue weighted by Gasteiger charge is 2.11. The Morgan fingerprint density at radius 3 is 2.93 bits per heavy atom. The van der Waals surface area contributed by atoms with Crippen molar-refractivity contribution < 1.29 is 4.92 Å². The highest BCUT2D eigenvalue weighted by molar-refractivity contribution is 7.80. The van der Waals surface area contributed by atoms with Crippen LogP contribution < -0.4 is 0 Å². The van der Waals surface area contributed by atoms with Crippen molar-refractivity contribution in [3.05, 3.63) is 28.3 Å². The number of fused-ring (bicyclic) bond motifs is 1. The lowest BCUT2D eigenvalue weighted by atomic mass is 10.3. The molecule has 0 aliphatic carbocycles. The minimum absolute atomic E-state index is 0.00213. The molecule has 0 saturated carbocycles. The van der Waals surface area contributed by atoms with Crippen molar-refractivity contribution in [2.45, 2.75) is 6.92 Å². The van der Waals surface area contributed by atoms with Crippen molar-refractivity contribution in [3.8, 4) is 0 Å². The molecule has 2 aromatic rings. The summed E-state index contributed by atoms with van der Waals surface area (Å²) in [5.41, 5.74) is 1.14. The van der Waals surface area contributed by atoms with E-state index in [1.807, 2.05) is 0 Å². The monoisotopic (exact) mass is 222 g/mol. The van der Waals surface area contributed by atoms with Gasteiger partial charge in [-0.3, -0.25) is 10.1 Å². The van der Waals surface area contributed by atoms with Gasteiger partial charge in [-0.05, 0) is 13.0 Å². The summed E-state index contributed by atoms with van der Waals surface area (Å²) in [5.74, 6) is 0. The highest BCUT2D eigenvalue weighted by atomic mass is 32.1. The Kier molecular flexibility index (Phi) is 2.16. The van der Waals surface area contributed by atoms with E-state index >= 15 is 0 Å². The van der Waals surface area contributed by atoms with Gasteiger partial charge >= 0.3 is 0 Å². The summed E-state index contributed by atoms with van der Waals surface area (Å²) in [5, 5.41) is 18.2. The zero-order valence-electron chi connectivity index (χ0n) is 7.75. The number of nitro groups is 1. The molecule has 15 heavy (non-hydrogen) atoms. The molecule has 0 unspecified atom stereocenters. The molecule has 0 aliphatic rings. The number of nitro benzene ring substituents is 1. The molecule has 76 valence electrons. The summed E-state index contributed by atoms with van der Waals surface area (Å²) in [6, 6.07) is 4.35. The molecule has 0 atom stereocenters. The lowest BCUT2D eigenvalue weighted by Crippen LogP contribution is -2.05. The number of hydrogen-bond acceptors (Lipinski definition) is 5. The number of hydrogen-bond donors (Lipinski definition) is 0. The van der Waals surface area contributed by atoms with Crippen LogP contribution >= 0.6 is 12.2 Å². The first-order valence-corrected chi connectivity index (χ1v) is 4.51. The first-order chi connectivity index (χ1) is 7.09. The second-order valence-corrected chi connectivity index (χ2v) is 3.54. The van der Waals surface area contributed by atoms with Gasteiger partial charge in [0.05, 0.1) is 4.92 Å². The maximum absolute atomic E-state index is 10.6. The molecule has 1 aromatic heterocycles. The van der Waals surface area contributed by atoms with E-state index in [1.54, 1.807) is 13.0 Å². The summed E-state index contributed by atoms with van der Waals surface area (Å²) in [7, 11) is 0. The largest absolute Gasteiger partial charge is 0.271 e. The van der Waals surface area contributed by atoms with Crippen LogP contribution in [0.25, 0.3) is 11.0 Å². The van der Waals surface area contributed by atoms with Gasteiger partial charge in [0, 0.05) is 12.1 Å². The molecule has 0 amide bonds. The van der Waals surface area contributed by atoms with Crippen molar-refractivity contribution in [3.63, 3.8) is 0 Å². The number of non-ortho nitro benzene ring substituents is 1. The smallest absolute Gasteiger partial charge is 0.258 e. The molecule has 0 N–H and O–H groups in total. The minimum Gasteiger partial charge on any atom is -0.258 e. The Morgan fingerprint density at radius 2 is 2.33 bits per heavy atom. The molecule has 6 nitrogen and oxygen atoms in total. The van der Waals surface area contributed by atoms with Crippen LogP contribution in [0.3, 0.4) is 0 Å². The van der Waals surface area contributed by atoms with E-state index in [0.29, 0.717) is 16.0 Å². The third-order valence-corrected chi connectivity index (χ3v) is 2.11. The number of rotatable bonds is 1. The van der Waals surface area contributed by atoms with Crippen LogP contribution in [-0.2, 0) is 0 Å². The zero-order chi connectivity index (χ0) is 11.0. The standard InChI is InChI=1S/C8H6N4O2S/c1-5(15)11-8-4-6(12(13)14)2-3-7(8)9-10-11/h2-4H,1H3. The molecule has 0 fully saturated rings. The summed E-state index contributed by atoms with van der Waals surface area (Å²) in [4.78, 5) is 10.6. The molecular formula is C8H6N4O2S. The number of benzene rings is 1. The van der Waals surface area contributed by atoms with Crippen LogP contribution in [0.5, 0.6) is 0 Å². The molecule has 0 radical (unpaired) electrons. The summed E-state index contributed by atoms with van der Waals surface area (Å²) >= 11 is 4.94. The van der Waals surface area contributed by atoms with Gasteiger partial charge in [-0.2, -0.15) is 0 Å². The molecule has 7 heteroatoms. The van der Waals surface area contributed by atoms with Gasteiger partial charge in [0.2, 0.25) is 0 Å². The number of aromatic nitrogens is 3. The highest BCUT2D eigenvalue weighted by Crippen LogP contribution is 2.18. The van der Waals surface area contributed by atoms with Gasteiger partial charge < -0.3 is 0 Å². The van der Waals surface area contributed by atoms with Gasteiger partial charge in [-0.1, -0.05) is 17.4 Å². The Hall–Kier alpha value is -1.89. The zero-order valence-corrected chi connectivity index (χ0v) is 8.56. The van der Waals surface area contributed by atoms with Crippen LogP contribution in [0.1, 0.15) is 6.92 Å². The second-order valence-electron chi connectivity index (χ2n) is 2.95. The van der Waals surface area contributed by atoms with Crippen LogP contribution in [0, 0.1) is 10.1 Å². The lowest BCUT2D eigenvalue weighted by molar-refractivity contribution is -0.384. The quantitative estimate of drug-likeness (QED) is 0.415. The van der Waals surface area contributed by atoms with Gasteiger partial charge in [-0.15, -0.1) is 5.10 Å². The molecule has 0 spiro atoms. The third-order valence-electron chi connectivity index (χ3n) is 1.94. The van der Waals surface area contributed by atoms with Crippen molar-refractivity contribution >= 4 is 33.9 Å².